The number of β-lactam (4-membered cyclic amide) rings is 1. The van der Waals surface area contributed by atoms with E-state index in [0.29, 0.717) is 17.7 Å². The zero-order valence-electron chi connectivity index (χ0n) is 16.6. The number of nitrogen functional groups attached to an aromatic ring is 1. The molecule has 166 valence electrons. The molecule has 0 aromatic carbocycles. The van der Waals surface area contributed by atoms with Gasteiger partial charge in [0.1, 0.15) is 18.8 Å². The molecule has 4 rings (SSSR count). The monoisotopic (exact) mass is 476 g/mol. The molecule has 2 unspecified atom stereocenters. The number of nitrogens with one attached hydrogen (secondary N) is 1. The molecule has 0 bridgehead atoms. The lowest BCUT2D eigenvalue weighted by molar-refractivity contribution is -0.671. The van der Waals surface area contributed by atoms with Gasteiger partial charge in [-0.1, -0.05) is 16.9 Å². The Bertz CT molecular complexity index is 1160. The zero-order valence-corrected chi connectivity index (χ0v) is 18.3. The predicted octanol–water partition coefficient (Wildman–Crippen LogP) is -0.299. The van der Waals surface area contributed by atoms with E-state index >= 15 is 0 Å². The molecule has 14 heteroatoms. The highest BCUT2D eigenvalue weighted by Crippen LogP contribution is 2.42. The standard InChI is InChI=1S/C18H17N7O5S2/c1-24-6-4-8(5-7-24)31-10-3-2-9-11(16(27)25(9)13(10)17(28)29)20-15(26)12(22-30)14-21-18(19)32-23-14/h4-7,9,11H,2-3H2,1H3,(H4-,19,20,21,23,26,28,29,30)/p+1. The first-order valence-corrected chi connectivity index (χ1v) is 10.9. The van der Waals surface area contributed by atoms with Crippen LogP contribution in [0.2, 0.25) is 0 Å². The first kappa shape index (κ1) is 21.7. The molecule has 0 radical (unpaired) electrons. The molecular formula is C18H18N7O5S2+. The number of carbonyl (C=O) groups is 3. The average Bonchev–Trinajstić information content (AvgIpc) is 3.19. The number of pyridine rings is 1. The van der Waals surface area contributed by atoms with Crippen molar-refractivity contribution in [3.63, 3.8) is 0 Å². The molecule has 2 aliphatic heterocycles. The van der Waals surface area contributed by atoms with Crippen molar-refractivity contribution in [1.29, 1.82) is 0 Å². The van der Waals surface area contributed by atoms with E-state index < -0.39 is 35.6 Å². The van der Waals surface area contributed by atoms with E-state index in [2.05, 4.69) is 19.8 Å². The van der Waals surface area contributed by atoms with Gasteiger partial charge in [0.2, 0.25) is 11.5 Å². The lowest BCUT2D eigenvalue weighted by Crippen LogP contribution is -2.72. The first-order valence-electron chi connectivity index (χ1n) is 9.35. The summed E-state index contributed by atoms with van der Waals surface area (Å²) in [5, 5.41) is 24.5. The van der Waals surface area contributed by atoms with Gasteiger partial charge in [-0.3, -0.25) is 14.5 Å². The Hall–Kier alpha value is -3.52. The molecule has 32 heavy (non-hydrogen) atoms. The third-order valence-corrected chi connectivity index (χ3v) is 6.73. The van der Waals surface area contributed by atoms with Gasteiger partial charge in [-0.05, 0) is 12.8 Å². The van der Waals surface area contributed by atoms with Gasteiger partial charge in [0.05, 0.1) is 6.04 Å². The lowest BCUT2D eigenvalue weighted by atomic mass is 9.86. The van der Waals surface area contributed by atoms with E-state index in [4.69, 9.17) is 5.73 Å². The van der Waals surface area contributed by atoms with Crippen molar-refractivity contribution in [2.24, 2.45) is 12.2 Å². The van der Waals surface area contributed by atoms with E-state index in [1.807, 2.05) is 36.1 Å². The average molecular weight is 477 g/mol. The van der Waals surface area contributed by atoms with Crippen molar-refractivity contribution < 1.29 is 29.3 Å². The number of fused-ring (bicyclic) bond motifs is 1. The Morgan fingerprint density at radius 2 is 2.12 bits per heavy atom. The fraction of sp³-hybridized carbons (Fsp3) is 0.278. The number of amides is 2. The van der Waals surface area contributed by atoms with Gasteiger partial charge in [0, 0.05) is 33.5 Å². The van der Waals surface area contributed by atoms with Crippen LogP contribution in [0.4, 0.5) is 5.13 Å². The smallest absolute Gasteiger partial charge is 0.353 e. The van der Waals surface area contributed by atoms with Crippen LogP contribution in [0.3, 0.4) is 0 Å². The van der Waals surface area contributed by atoms with E-state index in [1.54, 1.807) is 0 Å². The molecule has 0 spiro atoms. The summed E-state index contributed by atoms with van der Waals surface area (Å²) >= 11 is 2.12. The van der Waals surface area contributed by atoms with Crippen LogP contribution < -0.4 is 15.6 Å². The van der Waals surface area contributed by atoms with E-state index in [0.717, 1.165) is 16.4 Å². The van der Waals surface area contributed by atoms with Crippen LogP contribution in [0.15, 0.2) is 45.2 Å². The number of oxime groups is 1. The Kier molecular flexibility index (Phi) is 5.80. The second-order valence-corrected chi connectivity index (χ2v) is 9.00. The quantitative estimate of drug-likeness (QED) is 0.143. The molecule has 0 aliphatic carbocycles. The zero-order chi connectivity index (χ0) is 23.0. The Balaban J connectivity index is 1.52. The molecule has 12 nitrogen and oxygen atoms in total. The van der Waals surface area contributed by atoms with Gasteiger partial charge in [-0.25, -0.2) is 9.36 Å². The molecule has 0 saturated carbocycles. The molecule has 2 aromatic rings. The summed E-state index contributed by atoms with van der Waals surface area (Å²) in [6, 6.07) is 2.24. The number of carboxylic acids is 1. The summed E-state index contributed by atoms with van der Waals surface area (Å²) < 4.78 is 5.68. The van der Waals surface area contributed by atoms with Crippen LogP contribution in [-0.2, 0) is 21.4 Å². The van der Waals surface area contributed by atoms with Gasteiger partial charge < -0.3 is 21.4 Å². The number of aryl methyl sites for hydroxylation is 1. The van der Waals surface area contributed by atoms with Crippen LogP contribution in [0, 0.1) is 0 Å². The number of carboxylic acid groups (broad SMARTS) is 1. The number of allylic oxidation sites excluding steroid dienone is 1. The Labute approximate surface area is 189 Å². The molecule has 2 aliphatic rings. The molecule has 2 atom stereocenters. The van der Waals surface area contributed by atoms with Crippen LogP contribution in [-0.4, -0.2) is 60.2 Å². The number of rotatable bonds is 6. The Morgan fingerprint density at radius 3 is 2.72 bits per heavy atom. The number of hydrogen-bond acceptors (Lipinski definition) is 10. The van der Waals surface area contributed by atoms with E-state index in [9.17, 15) is 24.7 Å². The normalized spacial score (nSPS) is 20.6. The molecule has 1 saturated heterocycles. The number of nitrogens with zero attached hydrogens (tertiary/aromatic N) is 5. The van der Waals surface area contributed by atoms with Crippen molar-refractivity contribution in [2.75, 3.05) is 5.73 Å². The van der Waals surface area contributed by atoms with Gasteiger partial charge in [0.15, 0.2) is 17.5 Å². The second-order valence-electron chi connectivity index (χ2n) is 7.05. The third-order valence-electron chi connectivity index (χ3n) is 5.04. The van der Waals surface area contributed by atoms with Crippen LogP contribution in [0.25, 0.3) is 0 Å². The first-order chi connectivity index (χ1) is 15.3. The summed E-state index contributed by atoms with van der Waals surface area (Å²) in [6.07, 6.45) is 4.59. The summed E-state index contributed by atoms with van der Waals surface area (Å²) in [5.74, 6) is -2.79. The molecule has 1 fully saturated rings. The summed E-state index contributed by atoms with van der Waals surface area (Å²) in [4.78, 5) is 43.7. The minimum Gasteiger partial charge on any atom is -0.477 e. The van der Waals surface area contributed by atoms with Crippen LogP contribution >= 0.6 is 23.3 Å². The maximum Gasteiger partial charge on any atom is 0.353 e. The number of carbonyl (C=O) groups excluding carboxylic acids is 2. The van der Waals surface area contributed by atoms with Crippen molar-refractivity contribution in [1.82, 2.24) is 19.6 Å². The lowest BCUT2D eigenvalue weighted by Gasteiger charge is -2.50. The van der Waals surface area contributed by atoms with Crippen molar-refractivity contribution in [3.8, 4) is 0 Å². The molecular weight excluding hydrogens is 458 g/mol. The predicted molar refractivity (Wildman–Crippen MR) is 113 cm³/mol. The van der Waals surface area contributed by atoms with Gasteiger partial charge in [-0.2, -0.15) is 9.36 Å². The summed E-state index contributed by atoms with van der Waals surface area (Å²) in [6.45, 7) is 0. The molecule has 2 aromatic heterocycles. The van der Waals surface area contributed by atoms with Crippen molar-refractivity contribution >= 4 is 51.9 Å². The number of hydrogen-bond donors (Lipinski definition) is 4. The number of thioether (sulfide) groups is 1. The number of aliphatic carboxylic acids is 1. The number of aromatic nitrogens is 3. The minimum atomic E-state index is -1.21. The topological polar surface area (TPSA) is 175 Å². The summed E-state index contributed by atoms with van der Waals surface area (Å²) in [7, 11) is 1.88. The summed E-state index contributed by atoms with van der Waals surface area (Å²) in [5.41, 5.74) is 4.92. The highest BCUT2D eigenvalue weighted by molar-refractivity contribution is 8.03. The van der Waals surface area contributed by atoms with E-state index in [1.165, 1.54) is 16.7 Å². The van der Waals surface area contributed by atoms with Crippen LogP contribution in [0.1, 0.15) is 18.7 Å². The van der Waals surface area contributed by atoms with Gasteiger partial charge in [0.25, 0.3) is 11.8 Å². The highest BCUT2D eigenvalue weighted by Gasteiger charge is 2.53. The number of nitrogens with two attached hydrogens (primary N) is 1. The van der Waals surface area contributed by atoms with Crippen molar-refractivity contribution in [2.45, 2.75) is 29.8 Å². The molecule has 4 heterocycles. The van der Waals surface area contributed by atoms with Crippen molar-refractivity contribution in [3.05, 3.63) is 41.0 Å². The van der Waals surface area contributed by atoms with Crippen LogP contribution in [0.5, 0.6) is 0 Å². The van der Waals surface area contributed by atoms with E-state index in [-0.39, 0.29) is 16.7 Å². The fourth-order valence-corrected chi connectivity index (χ4v) is 5.04. The highest BCUT2D eigenvalue weighted by atomic mass is 32.2. The molecule has 2 amide bonds. The SMILES string of the molecule is C[n+]1ccc(SC2=C(C(=O)O)N3C(=O)C(NC(=O)/C(=N\O)c4nsc(N)n4)C3CC2)cc1. The maximum absolute atomic E-state index is 12.8. The molecule has 5 N–H and O–H groups in total. The van der Waals surface area contributed by atoms with Gasteiger partial charge in [-0.15, -0.1) is 0 Å². The van der Waals surface area contributed by atoms with Gasteiger partial charge >= 0.3 is 5.97 Å². The largest absolute Gasteiger partial charge is 0.477 e. The minimum absolute atomic E-state index is 0.0834. The maximum atomic E-state index is 12.8. The Morgan fingerprint density at radius 1 is 1.41 bits per heavy atom. The third kappa shape index (κ3) is 3.89. The number of anilines is 1. The fourth-order valence-electron chi connectivity index (χ4n) is 3.56. The second kappa shape index (κ2) is 8.55.